The molecule has 1 aliphatic heterocycles. The minimum atomic E-state index is 0.156. The SMILES string of the molecule is O=Cc1ccc2c(ccn2C2CCCCO2)c1. The van der Waals surface area contributed by atoms with Crippen LogP contribution in [0.4, 0.5) is 0 Å². The summed E-state index contributed by atoms with van der Waals surface area (Å²) in [6.45, 7) is 0.844. The summed E-state index contributed by atoms with van der Waals surface area (Å²) in [5.41, 5.74) is 1.86. The van der Waals surface area contributed by atoms with Gasteiger partial charge in [-0.05, 0) is 43.5 Å². The average molecular weight is 229 g/mol. The van der Waals surface area contributed by atoms with E-state index in [9.17, 15) is 4.79 Å². The van der Waals surface area contributed by atoms with E-state index in [4.69, 9.17) is 4.74 Å². The van der Waals surface area contributed by atoms with Crippen LogP contribution in [-0.4, -0.2) is 17.5 Å². The van der Waals surface area contributed by atoms with Gasteiger partial charge in [0.15, 0.2) is 0 Å². The summed E-state index contributed by atoms with van der Waals surface area (Å²) >= 11 is 0. The molecule has 1 aromatic heterocycles. The lowest BCUT2D eigenvalue weighted by Crippen LogP contribution is -2.17. The third-order valence-electron chi connectivity index (χ3n) is 3.35. The van der Waals surface area contributed by atoms with E-state index in [2.05, 4.69) is 10.8 Å². The molecule has 1 aliphatic rings. The molecule has 1 aromatic carbocycles. The summed E-state index contributed by atoms with van der Waals surface area (Å²) in [5, 5.41) is 1.10. The normalized spacial score (nSPS) is 20.6. The van der Waals surface area contributed by atoms with Crippen LogP contribution in [0.2, 0.25) is 0 Å². The van der Waals surface area contributed by atoms with Gasteiger partial charge in [0.1, 0.15) is 12.5 Å². The largest absolute Gasteiger partial charge is 0.358 e. The molecule has 17 heavy (non-hydrogen) atoms. The third-order valence-corrected chi connectivity index (χ3v) is 3.35. The fourth-order valence-corrected chi connectivity index (χ4v) is 2.45. The molecule has 0 saturated carbocycles. The zero-order chi connectivity index (χ0) is 11.7. The smallest absolute Gasteiger partial charge is 0.150 e. The van der Waals surface area contributed by atoms with E-state index < -0.39 is 0 Å². The molecule has 3 nitrogen and oxygen atoms in total. The fourth-order valence-electron chi connectivity index (χ4n) is 2.45. The number of nitrogens with zero attached hydrogens (tertiary/aromatic N) is 1. The van der Waals surface area contributed by atoms with Crippen LogP contribution >= 0.6 is 0 Å². The first-order valence-electron chi connectivity index (χ1n) is 6.06. The van der Waals surface area contributed by atoms with E-state index in [-0.39, 0.29) is 6.23 Å². The van der Waals surface area contributed by atoms with Crippen LogP contribution in [0.15, 0.2) is 30.5 Å². The predicted octanol–water partition coefficient (Wildman–Crippen LogP) is 3.15. The van der Waals surface area contributed by atoms with Gasteiger partial charge in [-0.1, -0.05) is 0 Å². The van der Waals surface area contributed by atoms with E-state index in [1.165, 1.54) is 6.42 Å². The standard InChI is InChI=1S/C14H15NO2/c16-10-11-4-5-13-12(9-11)6-7-15(13)14-3-1-2-8-17-14/h4-7,9-10,14H,1-3,8H2. The Kier molecular flexibility index (Phi) is 2.69. The van der Waals surface area contributed by atoms with E-state index >= 15 is 0 Å². The van der Waals surface area contributed by atoms with E-state index in [1.54, 1.807) is 0 Å². The molecule has 0 radical (unpaired) electrons. The monoisotopic (exact) mass is 229 g/mol. The first-order valence-corrected chi connectivity index (χ1v) is 6.06. The molecule has 3 heteroatoms. The summed E-state index contributed by atoms with van der Waals surface area (Å²) in [6, 6.07) is 7.81. The maximum Gasteiger partial charge on any atom is 0.150 e. The molecule has 1 saturated heterocycles. The molecular weight excluding hydrogens is 214 g/mol. The second-order valence-corrected chi connectivity index (χ2v) is 4.48. The second kappa shape index (κ2) is 4.34. The molecule has 2 heterocycles. The molecule has 2 aromatic rings. The van der Waals surface area contributed by atoms with Crippen molar-refractivity contribution in [2.75, 3.05) is 6.61 Å². The van der Waals surface area contributed by atoms with Gasteiger partial charge in [0, 0.05) is 23.8 Å². The number of hydrogen-bond acceptors (Lipinski definition) is 2. The average Bonchev–Trinajstić information content (AvgIpc) is 2.82. The van der Waals surface area contributed by atoms with E-state index in [0.717, 1.165) is 42.2 Å². The van der Waals surface area contributed by atoms with Crippen LogP contribution in [0.3, 0.4) is 0 Å². The molecule has 0 amide bonds. The van der Waals surface area contributed by atoms with Crippen LogP contribution in [0.25, 0.3) is 10.9 Å². The van der Waals surface area contributed by atoms with Crippen molar-refractivity contribution in [2.45, 2.75) is 25.5 Å². The Bertz CT molecular complexity index is 538. The quantitative estimate of drug-likeness (QED) is 0.741. The topological polar surface area (TPSA) is 31.2 Å². The molecule has 1 atom stereocenters. The van der Waals surface area contributed by atoms with Gasteiger partial charge in [0.25, 0.3) is 0 Å². The van der Waals surface area contributed by atoms with E-state index in [1.807, 2.05) is 24.3 Å². The Hall–Kier alpha value is -1.61. The van der Waals surface area contributed by atoms with Gasteiger partial charge in [0.05, 0.1) is 5.52 Å². The number of aldehydes is 1. The van der Waals surface area contributed by atoms with Crippen LogP contribution in [0.5, 0.6) is 0 Å². The second-order valence-electron chi connectivity index (χ2n) is 4.48. The van der Waals surface area contributed by atoms with Crippen molar-refractivity contribution in [3.8, 4) is 0 Å². The first-order chi connectivity index (χ1) is 8.38. The molecule has 0 bridgehead atoms. The maximum atomic E-state index is 10.7. The van der Waals surface area contributed by atoms with Crippen molar-refractivity contribution in [3.63, 3.8) is 0 Å². The Labute approximate surface area is 100.0 Å². The molecule has 0 aliphatic carbocycles. The number of hydrogen-bond donors (Lipinski definition) is 0. The molecule has 0 spiro atoms. The van der Waals surface area contributed by atoms with Crippen molar-refractivity contribution >= 4 is 17.2 Å². The minimum absolute atomic E-state index is 0.156. The first kappa shape index (κ1) is 10.5. The fraction of sp³-hybridized carbons (Fsp3) is 0.357. The predicted molar refractivity (Wildman–Crippen MR) is 66.2 cm³/mol. The summed E-state index contributed by atoms with van der Waals surface area (Å²) < 4.78 is 7.95. The van der Waals surface area contributed by atoms with Gasteiger partial charge in [-0.15, -0.1) is 0 Å². The van der Waals surface area contributed by atoms with Crippen LogP contribution in [0.1, 0.15) is 35.8 Å². The number of fused-ring (bicyclic) bond motifs is 1. The number of benzene rings is 1. The van der Waals surface area contributed by atoms with Crippen molar-refractivity contribution in [1.29, 1.82) is 0 Å². The molecule has 1 fully saturated rings. The Morgan fingerprint density at radius 3 is 3.00 bits per heavy atom. The maximum absolute atomic E-state index is 10.7. The lowest BCUT2D eigenvalue weighted by molar-refractivity contribution is -0.0291. The van der Waals surface area contributed by atoms with Crippen LogP contribution in [-0.2, 0) is 4.74 Å². The number of aromatic nitrogens is 1. The Balaban J connectivity index is 2.02. The van der Waals surface area contributed by atoms with Crippen molar-refractivity contribution in [2.24, 2.45) is 0 Å². The molecule has 88 valence electrons. The van der Waals surface area contributed by atoms with Crippen molar-refractivity contribution in [3.05, 3.63) is 36.0 Å². The highest BCUT2D eigenvalue weighted by Crippen LogP contribution is 2.27. The highest BCUT2D eigenvalue weighted by atomic mass is 16.5. The number of ether oxygens (including phenoxy) is 1. The summed E-state index contributed by atoms with van der Waals surface area (Å²) in [5.74, 6) is 0. The van der Waals surface area contributed by atoms with Crippen molar-refractivity contribution in [1.82, 2.24) is 4.57 Å². The lowest BCUT2D eigenvalue weighted by atomic mass is 10.1. The van der Waals surface area contributed by atoms with Gasteiger partial charge >= 0.3 is 0 Å². The number of carbonyl (C=O) groups excluding carboxylic acids is 1. The molecule has 3 rings (SSSR count). The van der Waals surface area contributed by atoms with E-state index in [0.29, 0.717) is 0 Å². The van der Waals surface area contributed by atoms with Gasteiger partial charge < -0.3 is 9.30 Å². The minimum Gasteiger partial charge on any atom is -0.358 e. The third kappa shape index (κ3) is 1.87. The van der Waals surface area contributed by atoms with Crippen LogP contribution in [0, 0.1) is 0 Å². The molecular formula is C14H15NO2. The van der Waals surface area contributed by atoms with Crippen molar-refractivity contribution < 1.29 is 9.53 Å². The highest BCUT2D eigenvalue weighted by molar-refractivity contribution is 5.87. The Morgan fingerprint density at radius 1 is 1.29 bits per heavy atom. The van der Waals surface area contributed by atoms with Gasteiger partial charge in [-0.2, -0.15) is 0 Å². The zero-order valence-electron chi connectivity index (χ0n) is 9.63. The lowest BCUT2D eigenvalue weighted by Gasteiger charge is -2.24. The summed E-state index contributed by atoms with van der Waals surface area (Å²) in [4.78, 5) is 10.7. The number of rotatable bonds is 2. The highest BCUT2D eigenvalue weighted by Gasteiger charge is 2.16. The number of carbonyl (C=O) groups is 1. The zero-order valence-corrected chi connectivity index (χ0v) is 9.63. The van der Waals surface area contributed by atoms with Gasteiger partial charge in [-0.3, -0.25) is 4.79 Å². The molecule has 1 unspecified atom stereocenters. The van der Waals surface area contributed by atoms with Gasteiger partial charge in [0.2, 0.25) is 0 Å². The van der Waals surface area contributed by atoms with Crippen LogP contribution < -0.4 is 0 Å². The molecule has 0 N–H and O–H groups in total. The van der Waals surface area contributed by atoms with Gasteiger partial charge in [-0.25, -0.2) is 0 Å². The summed E-state index contributed by atoms with van der Waals surface area (Å²) in [7, 11) is 0. The Morgan fingerprint density at radius 2 is 2.24 bits per heavy atom. The summed E-state index contributed by atoms with van der Waals surface area (Å²) in [6.07, 6.45) is 6.53.